The van der Waals surface area contributed by atoms with E-state index >= 15 is 0 Å². The SMILES string of the molecule is COC1=CC2=c3ccccc3=C(C(=O)O)OC2C=C1. The average Bonchev–Trinajstić information content (AvgIpc) is 2.45. The monoisotopic (exact) mass is 256 g/mol. The summed E-state index contributed by atoms with van der Waals surface area (Å²) in [4.78, 5) is 11.3. The van der Waals surface area contributed by atoms with Crippen molar-refractivity contribution in [1.82, 2.24) is 0 Å². The molecule has 1 aromatic carbocycles. The summed E-state index contributed by atoms with van der Waals surface area (Å²) in [6, 6.07) is 7.32. The van der Waals surface area contributed by atoms with Crippen molar-refractivity contribution in [2.24, 2.45) is 0 Å². The van der Waals surface area contributed by atoms with Gasteiger partial charge in [-0.25, -0.2) is 4.79 Å². The summed E-state index contributed by atoms with van der Waals surface area (Å²) in [5.41, 5.74) is 0.917. The zero-order valence-corrected chi connectivity index (χ0v) is 10.3. The first-order chi connectivity index (χ1) is 9.20. The number of hydrogen-bond acceptors (Lipinski definition) is 3. The second-order valence-electron chi connectivity index (χ2n) is 4.28. The van der Waals surface area contributed by atoms with Gasteiger partial charge in [0.1, 0.15) is 11.9 Å². The van der Waals surface area contributed by atoms with Crippen molar-refractivity contribution >= 4 is 17.3 Å². The molecule has 3 rings (SSSR count). The molecule has 1 unspecified atom stereocenters. The van der Waals surface area contributed by atoms with Gasteiger partial charge in [-0.15, -0.1) is 0 Å². The van der Waals surface area contributed by atoms with Crippen LogP contribution < -0.4 is 10.4 Å². The number of rotatable bonds is 2. The van der Waals surface area contributed by atoms with Crippen molar-refractivity contribution in [3.05, 3.63) is 58.7 Å². The van der Waals surface area contributed by atoms with Crippen molar-refractivity contribution in [1.29, 1.82) is 0 Å². The fraction of sp³-hybridized carbons (Fsp3) is 0.133. The van der Waals surface area contributed by atoms with Crippen LogP contribution in [0.2, 0.25) is 0 Å². The van der Waals surface area contributed by atoms with Gasteiger partial charge in [-0.3, -0.25) is 0 Å². The van der Waals surface area contributed by atoms with E-state index in [9.17, 15) is 9.90 Å². The quantitative estimate of drug-likeness (QED) is 0.838. The second kappa shape index (κ2) is 4.31. The third-order valence-electron chi connectivity index (χ3n) is 3.20. The molecule has 1 aliphatic heterocycles. The van der Waals surface area contributed by atoms with Crippen LogP contribution in [0.3, 0.4) is 0 Å². The van der Waals surface area contributed by atoms with Crippen LogP contribution >= 0.6 is 0 Å². The second-order valence-corrected chi connectivity index (χ2v) is 4.28. The third-order valence-corrected chi connectivity index (χ3v) is 3.20. The number of aliphatic carboxylic acids is 1. The van der Waals surface area contributed by atoms with E-state index in [1.54, 1.807) is 31.4 Å². The fourth-order valence-electron chi connectivity index (χ4n) is 2.32. The minimum absolute atomic E-state index is 0.0109. The zero-order valence-electron chi connectivity index (χ0n) is 10.3. The summed E-state index contributed by atoms with van der Waals surface area (Å²) >= 11 is 0. The molecule has 0 fully saturated rings. The number of carbonyl (C=O) groups is 1. The Morgan fingerprint density at radius 3 is 2.74 bits per heavy atom. The van der Waals surface area contributed by atoms with Gasteiger partial charge >= 0.3 is 5.97 Å². The number of fused-ring (bicyclic) bond motifs is 2. The Morgan fingerprint density at radius 2 is 2.05 bits per heavy atom. The van der Waals surface area contributed by atoms with E-state index in [0.717, 1.165) is 16.6 Å². The van der Waals surface area contributed by atoms with Crippen molar-refractivity contribution in [2.75, 3.05) is 7.11 Å². The molecule has 1 aromatic rings. The predicted molar refractivity (Wildman–Crippen MR) is 69.2 cm³/mol. The largest absolute Gasteiger partial charge is 0.497 e. The molecule has 4 nitrogen and oxygen atoms in total. The zero-order chi connectivity index (χ0) is 13.4. The molecule has 0 spiro atoms. The fourth-order valence-corrected chi connectivity index (χ4v) is 2.32. The average molecular weight is 256 g/mol. The highest BCUT2D eigenvalue weighted by molar-refractivity contribution is 6.06. The summed E-state index contributed by atoms with van der Waals surface area (Å²) in [6.45, 7) is 0. The van der Waals surface area contributed by atoms with Gasteiger partial charge in [0, 0.05) is 10.8 Å². The van der Waals surface area contributed by atoms with Crippen LogP contribution in [0.4, 0.5) is 0 Å². The number of benzene rings is 1. The maximum Gasteiger partial charge on any atom is 0.371 e. The first-order valence-corrected chi connectivity index (χ1v) is 5.88. The molecule has 96 valence electrons. The van der Waals surface area contributed by atoms with Crippen LogP contribution in [0, 0.1) is 0 Å². The molecular weight excluding hydrogens is 244 g/mol. The lowest BCUT2D eigenvalue weighted by Crippen LogP contribution is -2.40. The first-order valence-electron chi connectivity index (χ1n) is 5.88. The van der Waals surface area contributed by atoms with E-state index < -0.39 is 5.97 Å². The highest BCUT2D eigenvalue weighted by atomic mass is 16.5. The highest BCUT2D eigenvalue weighted by Gasteiger charge is 2.25. The Bertz CT molecular complexity index is 725. The number of methoxy groups -OCH3 is 1. The third kappa shape index (κ3) is 1.81. The normalized spacial score (nSPS) is 20.1. The van der Waals surface area contributed by atoms with Crippen molar-refractivity contribution in [3.63, 3.8) is 0 Å². The van der Waals surface area contributed by atoms with Gasteiger partial charge in [-0.05, 0) is 23.4 Å². The van der Waals surface area contributed by atoms with Crippen LogP contribution in [0.1, 0.15) is 0 Å². The Kier molecular flexibility index (Phi) is 2.63. The molecule has 2 aliphatic rings. The van der Waals surface area contributed by atoms with E-state index in [1.807, 2.05) is 18.2 Å². The molecule has 1 heterocycles. The van der Waals surface area contributed by atoms with Crippen LogP contribution in [-0.2, 0) is 14.3 Å². The standard InChI is InChI=1S/C15H12O4/c1-18-9-6-7-13-12(8-9)10-4-2-3-5-11(10)14(19-13)15(16)17/h2-8,13H,1H3,(H,16,17). The van der Waals surface area contributed by atoms with Gasteiger partial charge in [0.05, 0.1) is 7.11 Å². The predicted octanol–water partition coefficient (Wildman–Crippen LogP) is 0.529. The lowest BCUT2D eigenvalue weighted by atomic mass is 9.97. The van der Waals surface area contributed by atoms with Gasteiger partial charge < -0.3 is 14.6 Å². The molecule has 0 radical (unpaired) electrons. The lowest BCUT2D eigenvalue weighted by Gasteiger charge is -2.24. The number of carboxylic acid groups (broad SMARTS) is 1. The molecule has 0 saturated carbocycles. The number of allylic oxidation sites excluding steroid dienone is 1. The van der Waals surface area contributed by atoms with E-state index in [4.69, 9.17) is 9.47 Å². The molecule has 19 heavy (non-hydrogen) atoms. The lowest BCUT2D eigenvalue weighted by molar-refractivity contribution is -0.133. The minimum Gasteiger partial charge on any atom is -0.497 e. The van der Waals surface area contributed by atoms with E-state index in [0.29, 0.717) is 5.22 Å². The van der Waals surface area contributed by atoms with Gasteiger partial charge in [-0.1, -0.05) is 24.3 Å². The van der Waals surface area contributed by atoms with Crippen molar-refractivity contribution in [2.45, 2.75) is 6.10 Å². The van der Waals surface area contributed by atoms with Crippen molar-refractivity contribution in [3.8, 4) is 0 Å². The van der Waals surface area contributed by atoms with E-state index in [1.165, 1.54) is 0 Å². The maximum absolute atomic E-state index is 11.3. The minimum atomic E-state index is -1.05. The van der Waals surface area contributed by atoms with Crippen molar-refractivity contribution < 1.29 is 19.4 Å². The van der Waals surface area contributed by atoms with Crippen LogP contribution in [0.25, 0.3) is 11.3 Å². The number of ether oxygens (including phenoxy) is 2. The summed E-state index contributed by atoms with van der Waals surface area (Å²) in [5, 5.41) is 10.7. The first kappa shape index (κ1) is 11.6. The number of carboxylic acids is 1. The molecule has 0 saturated heterocycles. The van der Waals surface area contributed by atoms with Gasteiger partial charge in [-0.2, -0.15) is 0 Å². The molecule has 0 amide bonds. The molecule has 1 aliphatic carbocycles. The number of hydrogen-bond donors (Lipinski definition) is 1. The van der Waals surface area contributed by atoms with Crippen LogP contribution in [-0.4, -0.2) is 24.3 Å². The summed E-state index contributed by atoms with van der Waals surface area (Å²) in [6.07, 6.45) is 5.08. The summed E-state index contributed by atoms with van der Waals surface area (Å²) < 4.78 is 10.8. The molecule has 1 N–H and O–H groups in total. The molecular formula is C15H12O4. The highest BCUT2D eigenvalue weighted by Crippen LogP contribution is 2.23. The topological polar surface area (TPSA) is 55.8 Å². The van der Waals surface area contributed by atoms with E-state index in [-0.39, 0.29) is 11.9 Å². The summed E-state index contributed by atoms with van der Waals surface area (Å²) in [5.74, 6) is -0.340. The summed E-state index contributed by atoms with van der Waals surface area (Å²) in [7, 11) is 1.60. The Morgan fingerprint density at radius 1 is 1.32 bits per heavy atom. The molecule has 1 atom stereocenters. The maximum atomic E-state index is 11.3. The van der Waals surface area contributed by atoms with Crippen LogP contribution in [0.15, 0.2) is 48.3 Å². The van der Waals surface area contributed by atoms with Gasteiger partial charge in [0.15, 0.2) is 0 Å². The smallest absolute Gasteiger partial charge is 0.371 e. The Hall–Kier alpha value is -2.49. The van der Waals surface area contributed by atoms with Gasteiger partial charge in [0.2, 0.25) is 5.76 Å². The van der Waals surface area contributed by atoms with E-state index in [2.05, 4.69) is 0 Å². The molecule has 0 bridgehead atoms. The Labute approximate surface area is 109 Å². The molecule has 0 aromatic heterocycles. The van der Waals surface area contributed by atoms with Gasteiger partial charge in [0.25, 0.3) is 0 Å². The molecule has 4 heteroatoms. The Balaban J connectivity index is 2.37. The van der Waals surface area contributed by atoms with Crippen LogP contribution in [0.5, 0.6) is 0 Å².